The molecular weight excluding hydrogens is 386 g/mol. The zero-order chi connectivity index (χ0) is 21.7. The lowest BCUT2D eigenvalue weighted by Gasteiger charge is -2.08. The van der Waals surface area contributed by atoms with E-state index in [9.17, 15) is 19.7 Å². The molecule has 8 heteroatoms. The normalized spacial score (nSPS) is 11.2. The van der Waals surface area contributed by atoms with Crippen molar-refractivity contribution >= 4 is 17.6 Å². The van der Waals surface area contributed by atoms with Gasteiger partial charge in [-0.3, -0.25) is 14.9 Å². The highest BCUT2D eigenvalue weighted by atomic mass is 16.6. The molecule has 2 aromatic carbocycles. The van der Waals surface area contributed by atoms with Crippen molar-refractivity contribution in [3.05, 3.63) is 105 Å². The van der Waals surface area contributed by atoms with Crippen LogP contribution in [0.2, 0.25) is 0 Å². The summed E-state index contributed by atoms with van der Waals surface area (Å²) in [6.07, 6.45) is 1.79. The molecule has 0 spiro atoms. The third kappa shape index (κ3) is 4.85. The number of non-ortho nitro benzene ring substituents is 1. The molecule has 30 heavy (non-hydrogen) atoms. The van der Waals surface area contributed by atoms with E-state index in [1.165, 1.54) is 6.07 Å². The van der Waals surface area contributed by atoms with E-state index in [4.69, 9.17) is 0 Å². The maximum Gasteiger partial charge on any atom is 0.338 e. The predicted molar refractivity (Wildman–Crippen MR) is 109 cm³/mol. The van der Waals surface area contributed by atoms with Gasteiger partial charge in [0.2, 0.25) is 0 Å². The van der Waals surface area contributed by atoms with Crippen LogP contribution in [0.3, 0.4) is 0 Å². The van der Waals surface area contributed by atoms with E-state index in [-0.39, 0.29) is 11.1 Å². The van der Waals surface area contributed by atoms with Gasteiger partial charge in [-0.15, -0.1) is 0 Å². The first-order valence-electron chi connectivity index (χ1n) is 9.05. The molecule has 3 rings (SSSR count). The Morgan fingerprint density at radius 2 is 1.77 bits per heavy atom. The number of pyridine rings is 1. The molecule has 1 amide bonds. The second kappa shape index (κ2) is 8.95. The second-order valence-corrected chi connectivity index (χ2v) is 6.61. The molecule has 0 aliphatic rings. The largest absolute Gasteiger partial charge is 0.465 e. The fourth-order valence-electron chi connectivity index (χ4n) is 2.84. The summed E-state index contributed by atoms with van der Waals surface area (Å²) in [5.74, 6) is -1.48. The van der Waals surface area contributed by atoms with E-state index in [0.717, 1.165) is 30.4 Å². The number of nitro benzene ring substituents is 1. The third-order valence-corrected chi connectivity index (χ3v) is 4.40. The Morgan fingerprint density at radius 3 is 2.43 bits per heavy atom. The smallest absolute Gasteiger partial charge is 0.338 e. The highest BCUT2D eigenvalue weighted by Gasteiger charge is 2.18. The Morgan fingerprint density at radius 1 is 1.07 bits per heavy atom. The minimum absolute atomic E-state index is 0.0738. The predicted octanol–water partition coefficient (Wildman–Crippen LogP) is 3.28. The van der Waals surface area contributed by atoms with Crippen LogP contribution in [0.1, 0.15) is 31.8 Å². The lowest BCUT2D eigenvalue weighted by atomic mass is 10.1. The Kier molecular flexibility index (Phi) is 6.17. The van der Waals surface area contributed by atoms with Gasteiger partial charge in [-0.2, -0.15) is 4.99 Å². The van der Waals surface area contributed by atoms with Crippen molar-refractivity contribution in [1.82, 2.24) is 4.57 Å². The van der Waals surface area contributed by atoms with Crippen molar-refractivity contribution in [2.45, 2.75) is 13.5 Å². The number of aryl methyl sites for hydroxylation is 1. The van der Waals surface area contributed by atoms with Crippen molar-refractivity contribution < 1.29 is 19.2 Å². The number of nitro groups is 1. The van der Waals surface area contributed by atoms with Crippen LogP contribution in [0.5, 0.6) is 0 Å². The van der Waals surface area contributed by atoms with Gasteiger partial charge in [0.05, 0.1) is 17.6 Å². The van der Waals surface area contributed by atoms with Gasteiger partial charge < -0.3 is 9.30 Å². The van der Waals surface area contributed by atoms with Crippen LogP contribution in [0, 0.1) is 17.0 Å². The average molecular weight is 405 g/mol. The summed E-state index contributed by atoms with van der Waals surface area (Å²) in [6, 6.07) is 16.6. The van der Waals surface area contributed by atoms with E-state index < -0.39 is 22.5 Å². The number of methoxy groups -OCH3 is 1. The highest BCUT2D eigenvalue weighted by Crippen LogP contribution is 2.19. The monoisotopic (exact) mass is 405 g/mol. The molecule has 0 saturated heterocycles. The summed E-state index contributed by atoms with van der Waals surface area (Å²) in [6.45, 7) is 2.50. The first kappa shape index (κ1) is 20.7. The lowest BCUT2D eigenvalue weighted by molar-refractivity contribution is -0.384. The number of ether oxygens (including phenoxy) is 1. The molecule has 0 unspecified atom stereocenters. The molecule has 3 aromatic rings. The summed E-state index contributed by atoms with van der Waals surface area (Å²) in [5, 5.41) is 11.2. The molecule has 1 heterocycles. The summed E-state index contributed by atoms with van der Waals surface area (Å²) < 4.78 is 6.40. The molecule has 152 valence electrons. The van der Waals surface area contributed by atoms with E-state index in [1.807, 2.05) is 37.3 Å². The van der Waals surface area contributed by atoms with Crippen LogP contribution < -0.4 is 5.49 Å². The maximum absolute atomic E-state index is 12.7. The Balaban J connectivity index is 2.00. The molecule has 1 aromatic heterocycles. The zero-order valence-corrected chi connectivity index (χ0v) is 16.4. The number of nitrogens with zero attached hydrogens (tertiary/aromatic N) is 3. The van der Waals surface area contributed by atoms with Crippen molar-refractivity contribution in [3.63, 3.8) is 0 Å². The maximum atomic E-state index is 12.7. The molecule has 0 saturated carbocycles. The first-order chi connectivity index (χ1) is 14.4. The molecule has 0 radical (unpaired) electrons. The number of carbonyl (C=O) groups excluding carboxylic acids is 2. The fourth-order valence-corrected chi connectivity index (χ4v) is 2.84. The van der Waals surface area contributed by atoms with Crippen molar-refractivity contribution in [1.29, 1.82) is 0 Å². The van der Waals surface area contributed by atoms with Crippen LogP contribution in [-0.4, -0.2) is 28.5 Å². The van der Waals surface area contributed by atoms with Gasteiger partial charge in [-0.05, 0) is 30.7 Å². The number of amides is 1. The summed E-state index contributed by atoms with van der Waals surface area (Å²) in [5.41, 5.74) is 2.00. The van der Waals surface area contributed by atoms with Crippen LogP contribution >= 0.6 is 0 Å². The van der Waals surface area contributed by atoms with Crippen molar-refractivity contribution in [2.75, 3.05) is 7.11 Å². The highest BCUT2D eigenvalue weighted by molar-refractivity contribution is 5.99. The Bertz CT molecular complexity index is 1180. The van der Waals surface area contributed by atoms with Crippen LogP contribution in [-0.2, 0) is 11.3 Å². The number of hydrogen-bond donors (Lipinski definition) is 0. The third-order valence-electron chi connectivity index (χ3n) is 4.40. The van der Waals surface area contributed by atoms with E-state index in [2.05, 4.69) is 9.73 Å². The standard InChI is InChI=1S/C22H19N3O5/c1-15-6-8-16(9-7-15)14-24-10-4-3-5-20(24)23-21(26)17-11-18(22(27)30-2)13-19(12-17)25(28)29/h3-13H,14H2,1-2H3. The van der Waals surface area contributed by atoms with Gasteiger partial charge in [0.1, 0.15) is 5.49 Å². The molecular formula is C22H19N3O5. The van der Waals surface area contributed by atoms with Gasteiger partial charge in [-0.1, -0.05) is 35.9 Å². The number of esters is 1. The molecule has 0 atom stereocenters. The number of carbonyl (C=O) groups is 2. The molecule has 0 bridgehead atoms. The molecule has 0 aliphatic heterocycles. The molecule has 8 nitrogen and oxygen atoms in total. The minimum atomic E-state index is -0.776. The van der Waals surface area contributed by atoms with Crippen LogP contribution in [0.4, 0.5) is 5.69 Å². The quantitative estimate of drug-likeness (QED) is 0.368. The molecule has 0 fully saturated rings. The van der Waals surface area contributed by atoms with E-state index in [1.54, 1.807) is 22.9 Å². The topological polar surface area (TPSA) is 104 Å². The lowest BCUT2D eigenvalue weighted by Crippen LogP contribution is -2.22. The minimum Gasteiger partial charge on any atom is -0.465 e. The SMILES string of the molecule is COC(=O)c1cc(C(=O)N=c2ccccn2Cc2ccc(C)cc2)cc([N+](=O)[O-])c1. The Hall–Kier alpha value is -4.07. The number of benzene rings is 2. The van der Waals surface area contributed by atoms with E-state index >= 15 is 0 Å². The van der Waals surface area contributed by atoms with Crippen molar-refractivity contribution in [2.24, 2.45) is 4.99 Å². The fraction of sp³-hybridized carbons (Fsp3) is 0.136. The zero-order valence-electron chi connectivity index (χ0n) is 16.4. The second-order valence-electron chi connectivity index (χ2n) is 6.61. The molecule has 0 aliphatic carbocycles. The van der Waals surface area contributed by atoms with Gasteiger partial charge >= 0.3 is 5.97 Å². The summed E-state index contributed by atoms with van der Waals surface area (Å²) in [7, 11) is 1.16. The first-order valence-corrected chi connectivity index (χ1v) is 9.05. The van der Waals surface area contributed by atoms with Gasteiger partial charge in [0.15, 0.2) is 0 Å². The van der Waals surface area contributed by atoms with Gasteiger partial charge in [0.25, 0.3) is 11.6 Å². The van der Waals surface area contributed by atoms with Crippen LogP contribution in [0.15, 0.2) is 71.9 Å². The van der Waals surface area contributed by atoms with E-state index in [0.29, 0.717) is 12.0 Å². The average Bonchev–Trinajstić information content (AvgIpc) is 2.75. The van der Waals surface area contributed by atoms with Gasteiger partial charge in [-0.25, -0.2) is 4.79 Å². The number of aromatic nitrogens is 1. The van der Waals surface area contributed by atoms with Gasteiger partial charge in [0, 0.05) is 30.4 Å². The summed E-state index contributed by atoms with van der Waals surface area (Å²) >= 11 is 0. The number of hydrogen-bond acceptors (Lipinski definition) is 5. The summed E-state index contributed by atoms with van der Waals surface area (Å²) in [4.78, 5) is 39.2. The molecule has 0 N–H and O–H groups in total. The number of rotatable bonds is 5. The van der Waals surface area contributed by atoms with Crippen LogP contribution in [0.25, 0.3) is 0 Å². The Labute approximate surface area is 172 Å². The van der Waals surface area contributed by atoms with Crippen molar-refractivity contribution in [3.8, 4) is 0 Å².